The van der Waals surface area contributed by atoms with Gasteiger partial charge in [0.2, 0.25) is 5.91 Å². The van der Waals surface area contributed by atoms with Crippen molar-refractivity contribution in [2.45, 2.75) is 25.7 Å². The lowest BCUT2D eigenvalue weighted by Crippen LogP contribution is -2.31. The number of hydrogen-bond acceptors (Lipinski definition) is 3. The number of carbonyl (C=O) groups excluding carboxylic acids is 2. The Kier molecular flexibility index (Phi) is 3.42. The molecule has 0 radical (unpaired) electrons. The fraction of sp³-hybridized carbons (Fsp3) is 0.357. The van der Waals surface area contributed by atoms with Crippen LogP contribution in [0.3, 0.4) is 0 Å². The molecule has 0 saturated heterocycles. The highest BCUT2D eigenvalue weighted by molar-refractivity contribution is 5.99. The van der Waals surface area contributed by atoms with Gasteiger partial charge >= 0.3 is 0 Å². The van der Waals surface area contributed by atoms with Gasteiger partial charge in [0.25, 0.3) is 0 Å². The van der Waals surface area contributed by atoms with E-state index < -0.39 is 0 Å². The molecule has 18 heavy (non-hydrogen) atoms. The van der Waals surface area contributed by atoms with Crippen LogP contribution in [0.25, 0.3) is 0 Å². The quantitative estimate of drug-likeness (QED) is 0.762. The molecule has 0 aromatic heterocycles. The Morgan fingerprint density at radius 2 is 2.22 bits per heavy atom. The predicted octanol–water partition coefficient (Wildman–Crippen LogP) is 2.08. The third-order valence-electron chi connectivity index (χ3n) is 3.21. The topological polar surface area (TPSA) is 61.2 Å². The third kappa shape index (κ3) is 2.25. The first-order valence-electron chi connectivity index (χ1n) is 5.93. The summed E-state index contributed by atoms with van der Waals surface area (Å²) in [5.41, 5.74) is 2.54. The van der Waals surface area contributed by atoms with Crippen molar-refractivity contribution in [3.8, 4) is 6.07 Å². The van der Waals surface area contributed by atoms with Crippen molar-refractivity contribution in [3.05, 3.63) is 29.3 Å². The summed E-state index contributed by atoms with van der Waals surface area (Å²) in [4.78, 5) is 25.0. The van der Waals surface area contributed by atoms with Gasteiger partial charge in [-0.05, 0) is 30.2 Å². The molecule has 0 saturated carbocycles. The molecule has 0 aliphatic carbocycles. The molecule has 1 aliphatic rings. The van der Waals surface area contributed by atoms with Gasteiger partial charge in [0.15, 0.2) is 5.78 Å². The monoisotopic (exact) mass is 242 g/mol. The van der Waals surface area contributed by atoms with Crippen LogP contribution in [0.5, 0.6) is 0 Å². The largest absolute Gasteiger partial charge is 0.315 e. The maximum atomic E-state index is 11.8. The Morgan fingerprint density at radius 1 is 1.44 bits per heavy atom. The first-order chi connectivity index (χ1) is 8.63. The summed E-state index contributed by atoms with van der Waals surface area (Å²) in [5.74, 6) is 0.0879. The van der Waals surface area contributed by atoms with E-state index in [-0.39, 0.29) is 24.5 Å². The minimum atomic E-state index is -0.0149. The van der Waals surface area contributed by atoms with Gasteiger partial charge in [0, 0.05) is 37.6 Å². The van der Waals surface area contributed by atoms with E-state index in [0.29, 0.717) is 18.4 Å². The number of anilines is 1. The molecule has 2 rings (SSSR count). The number of nitrogens with zero attached hydrogens (tertiary/aromatic N) is 2. The number of aryl methyl sites for hydroxylation is 1. The van der Waals surface area contributed by atoms with E-state index in [0.717, 1.165) is 11.3 Å². The summed E-state index contributed by atoms with van der Waals surface area (Å²) in [5, 5.41) is 8.47. The summed E-state index contributed by atoms with van der Waals surface area (Å²) in [6.07, 6.45) is 1.66. The van der Waals surface area contributed by atoms with E-state index in [1.807, 2.05) is 18.2 Å². The lowest BCUT2D eigenvalue weighted by Gasteiger charge is -2.25. The fourth-order valence-electron chi connectivity index (χ4n) is 2.14. The molecule has 1 aliphatic heterocycles. The predicted molar refractivity (Wildman–Crippen MR) is 67.4 cm³/mol. The molecule has 1 amide bonds. The molecule has 4 nitrogen and oxygen atoms in total. The zero-order valence-electron chi connectivity index (χ0n) is 10.3. The average Bonchev–Trinajstić information content (AvgIpc) is 2.40. The second kappa shape index (κ2) is 5.01. The summed E-state index contributed by atoms with van der Waals surface area (Å²) in [6, 6.07) is 7.36. The maximum Gasteiger partial charge on any atom is 0.227 e. The van der Waals surface area contributed by atoms with Crippen LogP contribution in [0, 0.1) is 11.3 Å². The Hall–Kier alpha value is -2.15. The Bertz CT molecular complexity index is 543. The lowest BCUT2D eigenvalue weighted by atomic mass is 9.97. The van der Waals surface area contributed by atoms with Gasteiger partial charge in [0.05, 0.1) is 6.07 Å². The Balaban J connectivity index is 2.26. The van der Waals surface area contributed by atoms with Crippen molar-refractivity contribution in [1.82, 2.24) is 0 Å². The molecular weight excluding hydrogens is 228 g/mol. The van der Waals surface area contributed by atoms with Crippen LogP contribution in [-0.4, -0.2) is 18.7 Å². The summed E-state index contributed by atoms with van der Waals surface area (Å²) in [6.45, 7) is 0. The van der Waals surface area contributed by atoms with Gasteiger partial charge in [-0.3, -0.25) is 9.59 Å². The minimum absolute atomic E-state index is 0.0149. The molecule has 0 bridgehead atoms. The summed E-state index contributed by atoms with van der Waals surface area (Å²) < 4.78 is 0. The lowest BCUT2D eigenvalue weighted by molar-refractivity contribution is -0.118. The number of rotatable bonds is 3. The molecular formula is C14H14N2O2. The standard InChI is InChI=1S/C14H14N2O2/c1-16-12-6-4-11(13(17)3-2-8-15)9-10(12)5-7-14(16)18/h4,6,9H,2-3,5,7H2,1H3. The third-order valence-corrected chi connectivity index (χ3v) is 3.21. The maximum absolute atomic E-state index is 11.8. The molecule has 0 spiro atoms. The van der Waals surface area contributed by atoms with E-state index in [4.69, 9.17) is 5.26 Å². The van der Waals surface area contributed by atoms with Crippen LogP contribution >= 0.6 is 0 Å². The smallest absolute Gasteiger partial charge is 0.227 e. The van der Waals surface area contributed by atoms with Gasteiger partial charge in [-0.2, -0.15) is 5.26 Å². The molecule has 1 heterocycles. The van der Waals surface area contributed by atoms with E-state index in [9.17, 15) is 9.59 Å². The van der Waals surface area contributed by atoms with E-state index >= 15 is 0 Å². The normalized spacial score (nSPS) is 14.0. The zero-order valence-corrected chi connectivity index (χ0v) is 10.3. The number of benzene rings is 1. The number of carbonyl (C=O) groups is 2. The van der Waals surface area contributed by atoms with Crippen LogP contribution < -0.4 is 4.90 Å². The Labute approximate surface area is 106 Å². The molecule has 0 atom stereocenters. The minimum Gasteiger partial charge on any atom is -0.315 e. The first kappa shape index (κ1) is 12.3. The van der Waals surface area contributed by atoms with Crippen molar-refractivity contribution in [3.63, 3.8) is 0 Å². The van der Waals surface area contributed by atoms with Gasteiger partial charge in [-0.25, -0.2) is 0 Å². The van der Waals surface area contributed by atoms with Crippen LogP contribution in [0.1, 0.15) is 35.2 Å². The molecule has 92 valence electrons. The average molecular weight is 242 g/mol. The van der Waals surface area contributed by atoms with Gasteiger partial charge in [-0.1, -0.05) is 0 Å². The molecule has 4 heteroatoms. The van der Waals surface area contributed by atoms with Crippen molar-refractivity contribution >= 4 is 17.4 Å². The molecule has 1 aromatic rings. The highest BCUT2D eigenvalue weighted by Gasteiger charge is 2.21. The van der Waals surface area contributed by atoms with Crippen molar-refractivity contribution in [1.29, 1.82) is 5.26 Å². The number of hydrogen-bond donors (Lipinski definition) is 0. The SMILES string of the molecule is CN1C(=O)CCc2cc(C(=O)CCC#N)ccc21. The second-order valence-corrected chi connectivity index (χ2v) is 4.38. The fourth-order valence-corrected chi connectivity index (χ4v) is 2.14. The van der Waals surface area contributed by atoms with Crippen molar-refractivity contribution in [2.75, 3.05) is 11.9 Å². The van der Waals surface area contributed by atoms with Gasteiger partial charge in [0.1, 0.15) is 0 Å². The second-order valence-electron chi connectivity index (χ2n) is 4.38. The van der Waals surface area contributed by atoms with E-state index in [1.165, 1.54) is 0 Å². The number of ketones is 1. The molecule has 0 N–H and O–H groups in total. The van der Waals surface area contributed by atoms with Crippen LogP contribution in [0.2, 0.25) is 0 Å². The zero-order chi connectivity index (χ0) is 13.1. The van der Waals surface area contributed by atoms with Crippen LogP contribution in [-0.2, 0) is 11.2 Å². The molecule has 0 unspecified atom stereocenters. The highest BCUT2D eigenvalue weighted by atomic mass is 16.2. The van der Waals surface area contributed by atoms with Gasteiger partial charge < -0.3 is 4.90 Å². The van der Waals surface area contributed by atoms with Gasteiger partial charge in [-0.15, -0.1) is 0 Å². The number of nitriles is 1. The number of amides is 1. The summed E-state index contributed by atoms with van der Waals surface area (Å²) >= 11 is 0. The molecule has 0 fully saturated rings. The van der Waals surface area contributed by atoms with Crippen molar-refractivity contribution in [2.24, 2.45) is 0 Å². The van der Waals surface area contributed by atoms with E-state index in [1.54, 1.807) is 18.0 Å². The number of fused-ring (bicyclic) bond motifs is 1. The first-order valence-corrected chi connectivity index (χ1v) is 5.93. The number of Topliss-reactive ketones (excluding diaryl/α,β-unsaturated/α-hetero) is 1. The van der Waals surface area contributed by atoms with E-state index in [2.05, 4.69) is 0 Å². The Morgan fingerprint density at radius 3 is 2.94 bits per heavy atom. The summed E-state index contributed by atoms with van der Waals surface area (Å²) in [7, 11) is 1.75. The highest BCUT2D eigenvalue weighted by Crippen LogP contribution is 2.27. The van der Waals surface area contributed by atoms with Crippen LogP contribution in [0.4, 0.5) is 5.69 Å². The molecule has 1 aromatic carbocycles. The van der Waals surface area contributed by atoms with Crippen molar-refractivity contribution < 1.29 is 9.59 Å². The van der Waals surface area contributed by atoms with Crippen LogP contribution in [0.15, 0.2) is 18.2 Å².